The number of nitrogens with zero attached hydrogens (tertiary/aromatic N) is 6. The number of fused-ring (bicyclic) bond motifs is 13. The van der Waals surface area contributed by atoms with Crippen molar-refractivity contribution < 1.29 is 0 Å². The van der Waals surface area contributed by atoms with E-state index in [1.54, 1.807) is 0 Å². The van der Waals surface area contributed by atoms with Crippen LogP contribution in [0.5, 0.6) is 0 Å². The Hall–Kier alpha value is -14.4. The van der Waals surface area contributed by atoms with Gasteiger partial charge in [-0.3, -0.25) is 0 Å². The smallest absolute Gasteiger partial charge is 0.252 e. The van der Waals surface area contributed by atoms with Crippen LogP contribution < -0.4 is 31.1 Å². The van der Waals surface area contributed by atoms with Gasteiger partial charge in [-0.25, -0.2) is 0 Å². The lowest BCUT2D eigenvalue weighted by Crippen LogP contribution is -2.61. The summed E-state index contributed by atoms with van der Waals surface area (Å²) in [6.45, 7) is 27.7. The molecule has 20 aromatic rings. The second kappa shape index (κ2) is 29.1. The van der Waals surface area contributed by atoms with Gasteiger partial charge in [0.15, 0.2) is 0 Å². The monoisotopic (exact) mass is 1610 g/mol. The second-order valence-electron chi connectivity index (χ2n) is 38.6. The summed E-state index contributed by atoms with van der Waals surface area (Å²) in [7, 11) is 0. The zero-order valence-corrected chi connectivity index (χ0v) is 73.1. The first-order valence-corrected chi connectivity index (χ1v) is 44.2. The second-order valence-corrected chi connectivity index (χ2v) is 38.6. The molecule has 2 aliphatic rings. The van der Waals surface area contributed by atoms with E-state index in [0.29, 0.717) is 0 Å². The Morgan fingerprint density at radius 1 is 0.200 bits per heavy atom. The van der Waals surface area contributed by atoms with Gasteiger partial charge >= 0.3 is 0 Å². The van der Waals surface area contributed by atoms with E-state index < -0.39 is 0 Å². The Kier molecular flexibility index (Phi) is 17.9. The molecule has 0 unspecified atom stereocenters. The van der Waals surface area contributed by atoms with Crippen LogP contribution in [-0.2, 0) is 21.7 Å². The Morgan fingerprint density at radius 2 is 0.488 bits per heavy atom. The maximum atomic E-state index is 2.66. The minimum atomic E-state index is -0.314. The van der Waals surface area contributed by atoms with E-state index >= 15 is 0 Å². The summed E-state index contributed by atoms with van der Waals surface area (Å²) in [5.41, 5.74) is 37.2. The highest BCUT2D eigenvalue weighted by Gasteiger charge is 2.45. The lowest BCUT2D eigenvalue weighted by Gasteiger charge is -2.45. The summed E-state index contributed by atoms with van der Waals surface area (Å²) in [5, 5.41) is 7.44. The molecule has 0 fully saturated rings. The summed E-state index contributed by atoms with van der Waals surface area (Å²) >= 11 is 0. The minimum absolute atomic E-state index is 0.0845. The third kappa shape index (κ3) is 13.1. The highest BCUT2D eigenvalue weighted by molar-refractivity contribution is 7.00. The lowest BCUT2D eigenvalue weighted by atomic mass is 9.33. The molecule has 22 rings (SSSR count). The molecule has 604 valence electrons. The summed E-state index contributed by atoms with van der Waals surface area (Å²) in [4.78, 5) is 7.84. The maximum absolute atomic E-state index is 2.66. The van der Waals surface area contributed by atoms with Gasteiger partial charge in [0.2, 0.25) is 0 Å². The lowest BCUT2D eigenvalue weighted by molar-refractivity contribution is 0.590. The third-order valence-electron chi connectivity index (χ3n) is 26.5. The van der Waals surface area contributed by atoms with Crippen molar-refractivity contribution in [1.29, 1.82) is 0 Å². The van der Waals surface area contributed by atoms with E-state index in [1.165, 1.54) is 104 Å². The fourth-order valence-corrected chi connectivity index (χ4v) is 20.0. The Morgan fingerprint density at radius 3 is 0.824 bits per heavy atom. The largest absolute Gasteiger partial charge is 0.311 e. The molecule has 0 atom stereocenters. The molecule has 0 saturated heterocycles. The molecular formula is C118H99BN6. The average molecular weight is 1610 g/mol. The number of benzene rings is 17. The number of rotatable bonds is 12. The molecule has 17 aromatic carbocycles. The minimum Gasteiger partial charge on any atom is -0.311 e. The van der Waals surface area contributed by atoms with Gasteiger partial charge in [-0.05, 0) is 275 Å². The number of hydrogen-bond acceptors (Lipinski definition) is 3. The molecular weight excluding hydrogens is 1510 g/mol. The van der Waals surface area contributed by atoms with Crippen molar-refractivity contribution >= 4 is 140 Å². The van der Waals surface area contributed by atoms with E-state index in [2.05, 4.69) is 494 Å². The molecule has 0 saturated carbocycles. The van der Waals surface area contributed by atoms with Gasteiger partial charge in [0, 0.05) is 94.9 Å². The van der Waals surface area contributed by atoms with Crippen LogP contribution in [0, 0.1) is 0 Å². The van der Waals surface area contributed by atoms with Crippen molar-refractivity contribution in [3.8, 4) is 61.6 Å². The average Bonchev–Trinajstić information content (AvgIpc) is 1.17. The van der Waals surface area contributed by atoms with E-state index in [1.807, 2.05) is 0 Å². The van der Waals surface area contributed by atoms with Gasteiger partial charge < -0.3 is 28.4 Å². The molecule has 0 amide bonds. The molecule has 125 heavy (non-hydrogen) atoms. The Bertz CT molecular complexity index is 7010. The first kappa shape index (κ1) is 76.7. The zero-order valence-electron chi connectivity index (χ0n) is 73.1. The van der Waals surface area contributed by atoms with Crippen LogP contribution in [0.2, 0.25) is 0 Å². The summed E-state index contributed by atoms with van der Waals surface area (Å²) in [6.07, 6.45) is 0. The predicted molar refractivity (Wildman–Crippen MR) is 535 cm³/mol. The van der Waals surface area contributed by atoms with Gasteiger partial charge in [-0.15, -0.1) is 0 Å². The van der Waals surface area contributed by atoms with Crippen molar-refractivity contribution in [2.75, 3.05) is 14.7 Å². The van der Waals surface area contributed by atoms with Gasteiger partial charge in [-0.2, -0.15) is 0 Å². The SMILES string of the molecule is CC(C)(C)c1ccc2c(c1)c1cc(C(C)(C)C)ccc1n2-c1ccc2c(c1)N(c1cc(-c3ccccc3)cc(-c3ccccc3)c1)c1cc(N(c3ccccc3)c3ccc(-n4c5ccccc5c5ccccc54)cc3)cc3c1B2c1ccc(-n2c4ccc(C(C)(C)C)cc4c4cc(C(C)(C)C)ccc42)cc1N3c1cc(-c2ccccc2)cc(-c2ccccc2)c1. The first-order chi connectivity index (χ1) is 60.5. The summed E-state index contributed by atoms with van der Waals surface area (Å²) < 4.78 is 7.54. The maximum Gasteiger partial charge on any atom is 0.252 e. The van der Waals surface area contributed by atoms with E-state index in [4.69, 9.17) is 0 Å². The van der Waals surface area contributed by atoms with Crippen LogP contribution in [0.4, 0.5) is 51.2 Å². The molecule has 7 heteroatoms. The molecule has 0 radical (unpaired) electrons. The molecule has 2 aliphatic heterocycles. The molecule has 0 spiro atoms. The summed E-state index contributed by atoms with van der Waals surface area (Å²) in [6, 6.07) is 146. The van der Waals surface area contributed by atoms with Gasteiger partial charge in [0.25, 0.3) is 6.71 Å². The molecule has 6 nitrogen and oxygen atoms in total. The Labute approximate surface area is 733 Å². The Balaban J connectivity index is 0.888. The fraction of sp³-hybridized carbons (Fsp3) is 0.136. The van der Waals surface area contributed by atoms with E-state index in [0.717, 1.165) is 113 Å². The van der Waals surface area contributed by atoms with Gasteiger partial charge in [0.05, 0.1) is 38.8 Å². The van der Waals surface area contributed by atoms with Crippen molar-refractivity contribution in [1.82, 2.24) is 13.7 Å². The van der Waals surface area contributed by atoms with Crippen LogP contribution in [0.1, 0.15) is 105 Å². The molecule has 3 aromatic heterocycles. The predicted octanol–water partition coefficient (Wildman–Crippen LogP) is 30.4. The van der Waals surface area contributed by atoms with Gasteiger partial charge in [0.1, 0.15) is 0 Å². The van der Waals surface area contributed by atoms with Gasteiger partial charge in [-0.1, -0.05) is 295 Å². The van der Waals surface area contributed by atoms with Crippen molar-refractivity contribution in [3.05, 3.63) is 404 Å². The topological polar surface area (TPSA) is 24.5 Å². The van der Waals surface area contributed by atoms with Crippen LogP contribution in [0.25, 0.3) is 127 Å². The van der Waals surface area contributed by atoms with Crippen LogP contribution in [0.3, 0.4) is 0 Å². The number of para-hydroxylation sites is 3. The normalized spacial score (nSPS) is 12.9. The number of hydrogen-bond donors (Lipinski definition) is 0. The van der Waals surface area contributed by atoms with Crippen molar-refractivity contribution in [2.24, 2.45) is 0 Å². The zero-order chi connectivity index (χ0) is 85.1. The highest BCUT2D eigenvalue weighted by atomic mass is 15.2. The van der Waals surface area contributed by atoms with Crippen molar-refractivity contribution in [2.45, 2.75) is 105 Å². The van der Waals surface area contributed by atoms with Crippen LogP contribution in [0.15, 0.2) is 382 Å². The van der Waals surface area contributed by atoms with Crippen molar-refractivity contribution in [3.63, 3.8) is 0 Å². The molecule has 0 N–H and O–H groups in total. The van der Waals surface area contributed by atoms with E-state index in [9.17, 15) is 0 Å². The first-order valence-electron chi connectivity index (χ1n) is 44.2. The fourth-order valence-electron chi connectivity index (χ4n) is 20.0. The number of anilines is 9. The van der Waals surface area contributed by atoms with Crippen LogP contribution in [-0.4, -0.2) is 20.4 Å². The quantitative estimate of drug-likeness (QED) is 0.114. The summed E-state index contributed by atoms with van der Waals surface area (Å²) in [5.74, 6) is 0. The van der Waals surface area contributed by atoms with Crippen LogP contribution >= 0.6 is 0 Å². The molecule has 0 bridgehead atoms. The standard InChI is InChI=1S/C118H99BN6/c1-115(2,3)84-46-58-106-98(68-84)99-69-85(116(4,5)6)47-59-107(99)122(106)91-54-56-102-110(72-91)124(93-64-80(76-32-18-13-19-33-76)62-81(65-93)77-34-20-14-21-35-77)112-74-95(120(88-40-26-17-27-41-88)89-50-52-90(53-51-89)121-104-44-30-28-42-96(104)97-43-29-31-45-105(97)121)75-113-114(112)119(102)103-57-55-92(123-108-60-48-86(117(7,8)9)70-100(108)101-71-87(118(10,11)12)49-61-109(101)123)73-111(103)125(113)94-66-82(78-36-22-15-23-37-78)63-83(67-94)79-38-24-16-25-39-79/h13-75H,1-12H3. The molecule has 0 aliphatic carbocycles. The third-order valence-corrected chi connectivity index (χ3v) is 26.5. The molecule has 5 heterocycles. The highest BCUT2D eigenvalue weighted by Crippen LogP contribution is 2.53. The van der Waals surface area contributed by atoms with E-state index in [-0.39, 0.29) is 28.4 Å². The number of aromatic nitrogens is 3.